The molecule has 2 aromatic rings. The fraction of sp³-hybridized carbons (Fsp3) is 0.524. The highest BCUT2D eigenvalue weighted by Crippen LogP contribution is 2.41. The Bertz CT molecular complexity index is 832. The molecule has 27 heavy (non-hydrogen) atoms. The number of carbonyl (C=O) groups is 2. The number of carbonyl (C=O) groups excluding carboxylic acids is 2. The van der Waals surface area contributed by atoms with Crippen LogP contribution in [-0.2, 0) is 16.0 Å². The van der Waals surface area contributed by atoms with Gasteiger partial charge in [-0.3, -0.25) is 9.59 Å². The van der Waals surface area contributed by atoms with Crippen LogP contribution in [0, 0.1) is 11.8 Å². The van der Waals surface area contributed by atoms with Gasteiger partial charge in [-0.15, -0.1) is 22.7 Å². The standard InChI is InChI=1S/C21H24N2O2S2/c24-20(14-3-4-14)22-9-5-15(6-10-22)21(25)23-11-7-17-16(8-13-27-17)19(23)18-2-1-12-26-18/h1-2,8,12-15,19H,3-7,9-11H2. The molecule has 1 saturated carbocycles. The molecule has 2 aliphatic heterocycles. The summed E-state index contributed by atoms with van der Waals surface area (Å²) in [6.45, 7) is 2.29. The van der Waals surface area contributed by atoms with Gasteiger partial charge in [0.25, 0.3) is 0 Å². The molecule has 3 aliphatic rings. The number of amides is 2. The zero-order valence-electron chi connectivity index (χ0n) is 15.3. The van der Waals surface area contributed by atoms with E-state index in [1.807, 2.05) is 16.2 Å². The van der Waals surface area contributed by atoms with E-state index in [0.717, 1.165) is 51.7 Å². The second-order valence-corrected chi connectivity index (χ2v) is 9.85. The molecule has 1 unspecified atom stereocenters. The Morgan fingerprint density at radius 2 is 1.67 bits per heavy atom. The van der Waals surface area contributed by atoms with E-state index < -0.39 is 0 Å². The maximum Gasteiger partial charge on any atom is 0.226 e. The predicted octanol–water partition coefficient (Wildman–Crippen LogP) is 3.93. The van der Waals surface area contributed by atoms with Crippen molar-refractivity contribution in [3.8, 4) is 0 Å². The third-order valence-corrected chi connectivity index (χ3v) is 8.07. The van der Waals surface area contributed by atoms with Crippen LogP contribution in [0.1, 0.15) is 47.0 Å². The summed E-state index contributed by atoms with van der Waals surface area (Å²) in [6.07, 6.45) is 4.68. The SMILES string of the molecule is O=C(C1CC1)N1CCC(C(=O)N2CCc3sccc3C2c2cccs2)CC1. The number of rotatable bonds is 3. The zero-order valence-corrected chi connectivity index (χ0v) is 16.9. The molecule has 142 valence electrons. The molecule has 0 N–H and O–H groups in total. The van der Waals surface area contributed by atoms with E-state index in [1.165, 1.54) is 15.3 Å². The summed E-state index contributed by atoms with van der Waals surface area (Å²) in [7, 11) is 0. The third-order valence-electron chi connectivity index (χ3n) is 6.14. The van der Waals surface area contributed by atoms with E-state index in [1.54, 1.807) is 11.3 Å². The van der Waals surface area contributed by atoms with Crippen molar-refractivity contribution >= 4 is 34.5 Å². The molecule has 2 amide bonds. The van der Waals surface area contributed by atoms with Crippen LogP contribution in [0.4, 0.5) is 0 Å². The van der Waals surface area contributed by atoms with E-state index in [0.29, 0.717) is 5.91 Å². The topological polar surface area (TPSA) is 40.6 Å². The fourth-order valence-corrected chi connectivity index (χ4v) is 6.24. The van der Waals surface area contributed by atoms with Gasteiger partial charge in [-0.05, 0) is 60.6 Å². The van der Waals surface area contributed by atoms with Crippen molar-refractivity contribution in [3.05, 3.63) is 44.3 Å². The Balaban J connectivity index is 1.33. The first-order valence-corrected chi connectivity index (χ1v) is 11.7. The first-order valence-electron chi connectivity index (χ1n) is 9.91. The summed E-state index contributed by atoms with van der Waals surface area (Å²) in [5.41, 5.74) is 1.31. The van der Waals surface area contributed by atoms with Crippen LogP contribution >= 0.6 is 22.7 Å². The van der Waals surface area contributed by atoms with Crippen molar-refractivity contribution in [2.75, 3.05) is 19.6 Å². The monoisotopic (exact) mass is 400 g/mol. The summed E-state index contributed by atoms with van der Waals surface area (Å²) < 4.78 is 0. The van der Waals surface area contributed by atoms with Crippen molar-refractivity contribution in [3.63, 3.8) is 0 Å². The Kier molecular flexibility index (Phi) is 4.56. The zero-order chi connectivity index (χ0) is 18.4. The van der Waals surface area contributed by atoms with Gasteiger partial charge in [0, 0.05) is 41.2 Å². The van der Waals surface area contributed by atoms with E-state index in [-0.39, 0.29) is 23.8 Å². The molecule has 0 aromatic carbocycles. The van der Waals surface area contributed by atoms with Crippen molar-refractivity contribution in [2.45, 2.75) is 38.1 Å². The number of piperidine rings is 1. The average Bonchev–Trinajstić information content (AvgIpc) is 3.20. The van der Waals surface area contributed by atoms with Gasteiger partial charge in [0.15, 0.2) is 0 Å². The van der Waals surface area contributed by atoms with Gasteiger partial charge in [0.05, 0.1) is 6.04 Å². The maximum absolute atomic E-state index is 13.4. The van der Waals surface area contributed by atoms with Crippen molar-refractivity contribution in [2.24, 2.45) is 11.8 Å². The minimum atomic E-state index is 0.0518. The minimum Gasteiger partial charge on any atom is -0.342 e. The van der Waals surface area contributed by atoms with Crippen molar-refractivity contribution in [1.82, 2.24) is 9.80 Å². The highest BCUT2D eigenvalue weighted by Gasteiger charge is 2.39. The first kappa shape index (κ1) is 17.4. The summed E-state index contributed by atoms with van der Waals surface area (Å²) >= 11 is 3.55. The molecule has 6 heteroatoms. The summed E-state index contributed by atoms with van der Waals surface area (Å²) in [6, 6.07) is 6.49. The van der Waals surface area contributed by atoms with E-state index in [9.17, 15) is 9.59 Å². The lowest BCUT2D eigenvalue weighted by molar-refractivity contribution is -0.142. The molecule has 1 atom stereocenters. The molecular formula is C21H24N2O2S2. The van der Waals surface area contributed by atoms with Crippen molar-refractivity contribution in [1.29, 1.82) is 0 Å². The Labute approximate surface area is 167 Å². The number of likely N-dealkylation sites (tertiary alicyclic amines) is 1. The smallest absolute Gasteiger partial charge is 0.226 e. The van der Waals surface area contributed by atoms with Gasteiger partial charge < -0.3 is 9.80 Å². The maximum atomic E-state index is 13.4. The van der Waals surface area contributed by atoms with Crippen LogP contribution in [-0.4, -0.2) is 41.2 Å². The van der Waals surface area contributed by atoms with Crippen LogP contribution < -0.4 is 0 Å². The highest BCUT2D eigenvalue weighted by atomic mass is 32.1. The van der Waals surface area contributed by atoms with Gasteiger partial charge in [-0.25, -0.2) is 0 Å². The molecule has 2 aromatic heterocycles. The van der Waals surface area contributed by atoms with Crippen LogP contribution in [0.25, 0.3) is 0 Å². The summed E-state index contributed by atoms with van der Waals surface area (Å²) in [5, 5.41) is 4.25. The fourth-order valence-electron chi connectivity index (χ4n) is 4.48. The molecular weight excluding hydrogens is 376 g/mol. The van der Waals surface area contributed by atoms with Gasteiger partial charge in [0.1, 0.15) is 0 Å². The molecule has 0 spiro atoms. The molecule has 2 fully saturated rings. The van der Waals surface area contributed by atoms with Crippen LogP contribution in [0.15, 0.2) is 29.0 Å². The molecule has 1 saturated heterocycles. The Morgan fingerprint density at radius 3 is 2.37 bits per heavy atom. The lowest BCUT2D eigenvalue weighted by Crippen LogP contribution is -2.47. The number of nitrogens with zero attached hydrogens (tertiary/aromatic N) is 2. The molecule has 4 heterocycles. The molecule has 1 aliphatic carbocycles. The Hall–Kier alpha value is -1.66. The van der Waals surface area contributed by atoms with Gasteiger partial charge >= 0.3 is 0 Å². The number of thiophene rings is 2. The quantitative estimate of drug-likeness (QED) is 0.783. The summed E-state index contributed by atoms with van der Waals surface area (Å²) in [4.78, 5) is 32.5. The van der Waals surface area contributed by atoms with Crippen LogP contribution in [0.5, 0.6) is 0 Å². The van der Waals surface area contributed by atoms with E-state index in [2.05, 4.69) is 33.9 Å². The second-order valence-electron chi connectivity index (χ2n) is 7.87. The number of hydrogen-bond donors (Lipinski definition) is 0. The molecule has 4 nitrogen and oxygen atoms in total. The minimum absolute atomic E-state index is 0.0518. The molecule has 0 radical (unpaired) electrons. The second kappa shape index (κ2) is 7.06. The molecule has 0 bridgehead atoms. The lowest BCUT2D eigenvalue weighted by atomic mass is 9.91. The average molecular weight is 401 g/mol. The predicted molar refractivity (Wildman–Crippen MR) is 108 cm³/mol. The van der Waals surface area contributed by atoms with Gasteiger partial charge in [-0.2, -0.15) is 0 Å². The largest absolute Gasteiger partial charge is 0.342 e. The van der Waals surface area contributed by atoms with Crippen LogP contribution in [0.2, 0.25) is 0 Å². The highest BCUT2D eigenvalue weighted by molar-refractivity contribution is 7.10. The molecule has 5 rings (SSSR count). The van der Waals surface area contributed by atoms with E-state index in [4.69, 9.17) is 0 Å². The lowest BCUT2D eigenvalue weighted by Gasteiger charge is -2.39. The number of hydrogen-bond acceptors (Lipinski definition) is 4. The third kappa shape index (κ3) is 3.23. The van der Waals surface area contributed by atoms with Gasteiger partial charge in [0.2, 0.25) is 11.8 Å². The Morgan fingerprint density at radius 1 is 0.889 bits per heavy atom. The first-order chi connectivity index (χ1) is 13.2. The summed E-state index contributed by atoms with van der Waals surface area (Å²) in [5.74, 6) is 0.928. The van der Waals surface area contributed by atoms with Gasteiger partial charge in [-0.1, -0.05) is 6.07 Å². The number of fused-ring (bicyclic) bond motifs is 1. The van der Waals surface area contributed by atoms with Crippen molar-refractivity contribution < 1.29 is 9.59 Å². The van der Waals surface area contributed by atoms with Crippen LogP contribution in [0.3, 0.4) is 0 Å². The van der Waals surface area contributed by atoms with E-state index >= 15 is 0 Å². The normalized spacial score (nSPS) is 23.3.